The Hall–Kier alpha value is -1.30. The molecule has 0 fully saturated rings. The first-order valence-corrected chi connectivity index (χ1v) is 7.61. The van der Waals surface area contributed by atoms with Crippen LogP contribution in [0.15, 0.2) is 41.4 Å². The molecule has 0 unspecified atom stereocenters. The van der Waals surface area contributed by atoms with E-state index in [4.69, 9.17) is 23.8 Å². The first kappa shape index (κ1) is 12.7. The van der Waals surface area contributed by atoms with Crippen LogP contribution in [-0.4, -0.2) is 20.8 Å². The van der Waals surface area contributed by atoms with Crippen molar-refractivity contribution in [1.82, 2.24) is 14.5 Å². The van der Waals surface area contributed by atoms with Gasteiger partial charge in [-0.1, -0.05) is 23.7 Å². The Morgan fingerprint density at radius 3 is 2.95 bits per heavy atom. The van der Waals surface area contributed by atoms with Crippen LogP contribution in [0.3, 0.4) is 0 Å². The van der Waals surface area contributed by atoms with E-state index in [1.807, 2.05) is 35.1 Å². The maximum atomic E-state index is 5.95. The molecule has 1 N–H and O–H groups in total. The van der Waals surface area contributed by atoms with Crippen molar-refractivity contribution in [3.63, 3.8) is 0 Å². The van der Waals surface area contributed by atoms with Crippen molar-refractivity contribution < 1.29 is 0 Å². The van der Waals surface area contributed by atoms with Crippen molar-refractivity contribution in [1.29, 1.82) is 0 Å². The second kappa shape index (κ2) is 5.00. The van der Waals surface area contributed by atoms with Gasteiger partial charge in [-0.2, -0.15) is 0 Å². The van der Waals surface area contributed by atoms with Crippen LogP contribution in [0.4, 0.5) is 0 Å². The van der Waals surface area contributed by atoms with Crippen LogP contribution in [0.25, 0.3) is 16.9 Å². The Balaban J connectivity index is 2.36. The Kier molecular flexibility index (Phi) is 3.35. The normalized spacial score (nSPS) is 11.1. The third kappa shape index (κ3) is 2.18. The lowest BCUT2D eigenvalue weighted by molar-refractivity contribution is 1.01. The van der Waals surface area contributed by atoms with Crippen LogP contribution in [0.2, 0.25) is 5.02 Å². The molecule has 0 saturated heterocycles. The topological polar surface area (TPSA) is 33.6 Å². The Labute approximate surface area is 124 Å². The fraction of sp³-hybridized carbons (Fsp3) is 0.0769. The molecule has 6 heteroatoms. The summed E-state index contributed by atoms with van der Waals surface area (Å²) in [4.78, 5) is 8.67. The number of hydrogen-bond donors (Lipinski definition) is 1. The molecule has 1 aromatic carbocycles. The predicted molar refractivity (Wildman–Crippen MR) is 83.0 cm³/mol. The zero-order chi connectivity index (χ0) is 13.4. The van der Waals surface area contributed by atoms with E-state index in [0.29, 0.717) is 9.79 Å². The molecule has 0 aliphatic heterocycles. The van der Waals surface area contributed by atoms with Crippen molar-refractivity contribution in [3.8, 4) is 5.69 Å². The van der Waals surface area contributed by atoms with Gasteiger partial charge in [0.1, 0.15) is 0 Å². The number of aromatic amines is 1. The van der Waals surface area contributed by atoms with Crippen LogP contribution < -0.4 is 0 Å². The minimum Gasteiger partial charge on any atom is -0.329 e. The Morgan fingerprint density at radius 1 is 1.37 bits per heavy atom. The summed E-state index contributed by atoms with van der Waals surface area (Å²) in [5.41, 5.74) is 2.66. The Bertz CT molecular complexity index is 807. The van der Waals surface area contributed by atoms with Gasteiger partial charge in [0, 0.05) is 11.1 Å². The number of fused-ring (bicyclic) bond motifs is 1. The molecular weight excluding hydrogens is 298 g/mol. The number of halogens is 1. The third-order valence-corrected chi connectivity index (χ3v) is 4.09. The molecule has 2 aromatic heterocycles. The zero-order valence-corrected chi connectivity index (χ0v) is 12.4. The van der Waals surface area contributed by atoms with Crippen LogP contribution in [0.5, 0.6) is 0 Å². The number of rotatable bonds is 2. The SMILES string of the molecule is CSc1ccccc1-n1c(=S)[nH]c2cc(Cl)cnc21. The van der Waals surface area contributed by atoms with Gasteiger partial charge in [-0.15, -0.1) is 11.8 Å². The average molecular weight is 308 g/mol. The lowest BCUT2D eigenvalue weighted by atomic mass is 10.3. The van der Waals surface area contributed by atoms with Gasteiger partial charge in [0.15, 0.2) is 10.4 Å². The van der Waals surface area contributed by atoms with Crippen LogP contribution >= 0.6 is 35.6 Å². The summed E-state index contributed by atoms with van der Waals surface area (Å²) in [6, 6.07) is 9.93. The molecule has 0 radical (unpaired) electrons. The molecule has 0 atom stereocenters. The maximum Gasteiger partial charge on any atom is 0.184 e. The van der Waals surface area contributed by atoms with E-state index in [9.17, 15) is 0 Å². The molecule has 3 aromatic rings. The van der Waals surface area contributed by atoms with E-state index in [2.05, 4.69) is 16.0 Å². The van der Waals surface area contributed by atoms with Gasteiger partial charge in [-0.05, 0) is 36.7 Å². The highest BCUT2D eigenvalue weighted by Gasteiger charge is 2.11. The van der Waals surface area contributed by atoms with Crippen molar-refractivity contribution in [2.75, 3.05) is 6.26 Å². The maximum absolute atomic E-state index is 5.95. The van der Waals surface area contributed by atoms with E-state index >= 15 is 0 Å². The molecule has 3 nitrogen and oxygen atoms in total. The van der Waals surface area contributed by atoms with E-state index in [0.717, 1.165) is 21.7 Å². The molecule has 96 valence electrons. The molecule has 0 bridgehead atoms. The molecule has 0 aliphatic carbocycles. The number of thioether (sulfide) groups is 1. The van der Waals surface area contributed by atoms with E-state index in [1.165, 1.54) is 0 Å². The van der Waals surface area contributed by atoms with Gasteiger partial charge < -0.3 is 4.98 Å². The number of nitrogens with one attached hydrogen (secondary N) is 1. The summed E-state index contributed by atoms with van der Waals surface area (Å²) < 4.78 is 2.55. The van der Waals surface area contributed by atoms with Gasteiger partial charge in [0.25, 0.3) is 0 Å². The Morgan fingerprint density at radius 2 is 2.16 bits per heavy atom. The molecule has 0 aliphatic rings. The van der Waals surface area contributed by atoms with E-state index in [1.54, 1.807) is 18.0 Å². The van der Waals surface area contributed by atoms with Crippen molar-refractivity contribution in [3.05, 3.63) is 46.3 Å². The van der Waals surface area contributed by atoms with Gasteiger partial charge >= 0.3 is 0 Å². The second-order valence-electron chi connectivity index (χ2n) is 3.96. The molecule has 3 rings (SSSR count). The second-order valence-corrected chi connectivity index (χ2v) is 5.63. The average Bonchev–Trinajstić information content (AvgIpc) is 2.73. The van der Waals surface area contributed by atoms with E-state index in [-0.39, 0.29) is 0 Å². The molecule has 0 amide bonds. The highest BCUT2D eigenvalue weighted by atomic mass is 35.5. The number of hydrogen-bond acceptors (Lipinski definition) is 3. The molecule has 19 heavy (non-hydrogen) atoms. The standard InChI is InChI=1S/C13H10ClN3S2/c1-19-11-5-3-2-4-10(11)17-12-9(16-13(17)18)6-8(14)7-15-12/h2-7H,1H3,(H,16,18). The number of aromatic nitrogens is 3. The summed E-state index contributed by atoms with van der Waals surface area (Å²) in [5.74, 6) is 0. The van der Waals surface area contributed by atoms with Gasteiger partial charge in [-0.25, -0.2) is 4.98 Å². The highest BCUT2D eigenvalue weighted by Crippen LogP contribution is 2.27. The minimum absolute atomic E-state index is 0.592. The molecule has 0 saturated carbocycles. The number of para-hydroxylation sites is 1. The smallest absolute Gasteiger partial charge is 0.184 e. The number of nitrogens with zero attached hydrogens (tertiary/aromatic N) is 2. The minimum atomic E-state index is 0.592. The third-order valence-electron chi connectivity index (χ3n) is 2.82. The molecule has 0 spiro atoms. The van der Waals surface area contributed by atoms with Crippen LogP contribution in [0.1, 0.15) is 0 Å². The lowest BCUT2D eigenvalue weighted by Gasteiger charge is -2.08. The first-order valence-electron chi connectivity index (χ1n) is 5.60. The summed E-state index contributed by atoms with van der Waals surface area (Å²) in [5, 5.41) is 0.592. The van der Waals surface area contributed by atoms with Gasteiger partial charge in [-0.3, -0.25) is 4.57 Å². The fourth-order valence-corrected chi connectivity index (χ4v) is 3.04. The summed E-state index contributed by atoms with van der Waals surface area (Å²) in [7, 11) is 0. The van der Waals surface area contributed by atoms with Crippen LogP contribution in [0, 0.1) is 4.77 Å². The highest BCUT2D eigenvalue weighted by molar-refractivity contribution is 7.98. The monoisotopic (exact) mass is 307 g/mol. The van der Waals surface area contributed by atoms with Crippen molar-refractivity contribution in [2.24, 2.45) is 0 Å². The first-order chi connectivity index (χ1) is 9.20. The van der Waals surface area contributed by atoms with Crippen molar-refractivity contribution in [2.45, 2.75) is 4.90 Å². The molecular formula is C13H10ClN3S2. The number of pyridine rings is 1. The predicted octanol–water partition coefficient (Wildman–Crippen LogP) is 4.46. The van der Waals surface area contributed by atoms with Gasteiger partial charge in [0.05, 0.1) is 16.2 Å². The number of imidazole rings is 1. The zero-order valence-electron chi connectivity index (χ0n) is 10.1. The summed E-state index contributed by atoms with van der Waals surface area (Å²) in [6.45, 7) is 0. The summed E-state index contributed by atoms with van der Waals surface area (Å²) >= 11 is 13.0. The fourth-order valence-electron chi connectivity index (χ4n) is 2.01. The van der Waals surface area contributed by atoms with E-state index < -0.39 is 0 Å². The van der Waals surface area contributed by atoms with Gasteiger partial charge in [0.2, 0.25) is 0 Å². The summed E-state index contributed by atoms with van der Waals surface area (Å²) in [6.07, 6.45) is 3.67. The number of H-pyrrole nitrogens is 1. The molecule has 2 heterocycles. The number of benzene rings is 1. The van der Waals surface area contributed by atoms with Crippen molar-refractivity contribution >= 4 is 46.7 Å². The quantitative estimate of drug-likeness (QED) is 0.560. The lowest BCUT2D eigenvalue weighted by Crippen LogP contribution is -1.97. The largest absolute Gasteiger partial charge is 0.329 e. The van der Waals surface area contributed by atoms with Crippen LogP contribution in [-0.2, 0) is 0 Å².